The molecule has 208 valence electrons. The van der Waals surface area contributed by atoms with E-state index in [0.29, 0.717) is 15.9 Å². The van der Waals surface area contributed by atoms with Gasteiger partial charge in [0.25, 0.3) is 30.4 Å². The van der Waals surface area contributed by atoms with Gasteiger partial charge in [0.1, 0.15) is 23.2 Å². The Morgan fingerprint density at radius 2 is 0.900 bits per heavy atom. The molecule has 0 spiro atoms. The van der Waals surface area contributed by atoms with Crippen molar-refractivity contribution in [2.75, 3.05) is 6.16 Å². The molecule has 0 bridgehead atoms. The SMILES string of the molecule is O=S(=O)(O)c1cccc([P+](C/C=C/c2ccccc2)(c2cccc(S(=O)(=O)O)c2)c2cccc(S(=O)(=O)O)c2)c1. The number of hydrogen-bond acceptors (Lipinski definition) is 6. The molecule has 4 aromatic rings. The largest absolute Gasteiger partial charge is 0.294 e. The van der Waals surface area contributed by atoms with Crippen molar-refractivity contribution in [2.45, 2.75) is 14.7 Å². The molecule has 0 radical (unpaired) electrons. The summed E-state index contributed by atoms with van der Waals surface area (Å²) in [7, 11) is -17.1. The first-order valence-electron chi connectivity index (χ1n) is 11.6. The van der Waals surface area contributed by atoms with E-state index in [1.807, 2.05) is 30.3 Å². The average Bonchev–Trinajstić information content (AvgIpc) is 2.91. The van der Waals surface area contributed by atoms with Gasteiger partial charge < -0.3 is 0 Å². The lowest BCUT2D eigenvalue weighted by atomic mass is 10.2. The van der Waals surface area contributed by atoms with Gasteiger partial charge in [-0.15, -0.1) is 0 Å². The Hall–Kier alpha value is -3.22. The van der Waals surface area contributed by atoms with Crippen LogP contribution in [0.15, 0.2) is 124 Å². The number of hydrogen-bond donors (Lipinski definition) is 3. The fourth-order valence-electron chi connectivity index (χ4n) is 4.32. The minimum Gasteiger partial charge on any atom is -0.282 e. The summed E-state index contributed by atoms with van der Waals surface area (Å²) in [6, 6.07) is 25.6. The predicted molar refractivity (Wildman–Crippen MR) is 155 cm³/mol. The van der Waals surface area contributed by atoms with Crippen molar-refractivity contribution in [3.8, 4) is 0 Å². The normalized spacial score (nSPS) is 13.0. The van der Waals surface area contributed by atoms with Gasteiger partial charge in [0, 0.05) is 18.2 Å². The second-order valence-corrected chi connectivity index (χ2v) is 16.5. The molecule has 4 aromatic carbocycles. The second-order valence-electron chi connectivity index (χ2n) is 8.72. The monoisotopic (exact) mass is 619 g/mol. The standard InChI is InChI=1S/C27H23O9PS3/c28-38(29,30)25-14-4-11-22(18-25)37(17-7-10-21-8-2-1-3-9-21,23-12-5-15-26(19-23)39(31,32)33)24-13-6-16-27(20-24)40(34,35)36/h1-16,18-20H,17H2,(H2-,28,29,30,31,32,33,34,35,36)/p+1/b10-7+. The smallest absolute Gasteiger partial charge is 0.282 e. The van der Waals surface area contributed by atoms with Crippen LogP contribution in [-0.4, -0.2) is 45.1 Å². The van der Waals surface area contributed by atoms with Crippen LogP contribution < -0.4 is 15.9 Å². The van der Waals surface area contributed by atoms with Crippen molar-refractivity contribution in [3.05, 3.63) is 115 Å². The Kier molecular flexibility index (Phi) is 8.44. The van der Waals surface area contributed by atoms with E-state index in [-0.39, 0.29) is 6.16 Å². The van der Waals surface area contributed by atoms with Gasteiger partial charge in [-0.1, -0.05) is 54.6 Å². The number of allylic oxidation sites excluding steroid dienone is 1. The molecule has 0 amide bonds. The van der Waals surface area contributed by atoms with E-state index < -0.39 is 52.3 Å². The van der Waals surface area contributed by atoms with E-state index >= 15 is 0 Å². The summed E-state index contributed by atoms with van der Waals surface area (Å²) in [5.74, 6) is 0. The first-order valence-corrected chi connectivity index (χ1v) is 17.8. The molecule has 40 heavy (non-hydrogen) atoms. The number of rotatable bonds is 9. The van der Waals surface area contributed by atoms with Crippen molar-refractivity contribution >= 4 is 59.6 Å². The van der Waals surface area contributed by atoms with Crippen molar-refractivity contribution in [1.82, 2.24) is 0 Å². The molecular weight excluding hydrogens is 595 g/mol. The minimum atomic E-state index is -4.65. The quantitative estimate of drug-likeness (QED) is 0.188. The van der Waals surface area contributed by atoms with Crippen LogP contribution in [0.4, 0.5) is 0 Å². The summed E-state index contributed by atoms with van der Waals surface area (Å²) in [6.07, 6.45) is 3.74. The van der Waals surface area contributed by atoms with Crippen molar-refractivity contribution in [2.24, 2.45) is 0 Å². The highest BCUT2D eigenvalue weighted by molar-refractivity contribution is 7.96. The molecular formula is C27H24O9PS3+. The highest BCUT2D eigenvalue weighted by Crippen LogP contribution is 2.56. The minimum absolute atomic E-state index is 0.140. The molecule has 0 atom stereocenters. The van der Waals surface area contributed by atoms with Gasteiger partial charge in [0.15, 0.2) is 0 Å². The third-order valence-corrected chi connectivity index (χ3v) is 12.9. The topological polar surface area (TPSA) is 163 Å². The molecule has 3 N–H and O–H groups in total. The average molecular weight is 620 g/mol. The zero-order valence-electron chi connectivity index (χ0n) is 20.6. The third-order valence-electron chi connectivity index (χ3n) is 6.16. The van der Waals surface area contributed by atoms with Crippen LogP contribution in [0.25, 0.3) is 6.08 Å². The summed E-state index contributed by atoms with van der Waals surface area (Å²) in [5.41, 5.74) is 0.839. The number of benzene rings is 4. The predicted octanol–water partition coefficient (Wildman–Crippen LogP) is 3.43. The highest BCUT2D eigenvalue weighted by Gasteiger charge is 2.46. The second kappa shape index (κ2) is 11.3. The summed E-state index contributed by atoms with van der Waals surface area (Å²) < 4.78 is 102. The molecule has 0 fully saturated rings. The van der Waals surface area contributed by atoms with Crippen LogP contribution >= 0.6 is 7.26 Å². The van der Waals surface area contributed by atoms with Crippen molar-refractivity contribution in [1.29, 1.82) is 0 Å². The molecule has 0 heterocycles. The van der Waals surface area contributed by atoms with E-state index in [1.54, 1.807) is 30.4 Å². The molecule has 0 saturated heterocycles. The third kappa shape index (κ3) is 6.56. The molecule has 0 saturated carbocycles. The molecule has 0 aromatic heterocycles. The first kappa shape index (κ1) is 29.8. The molecule has 0 aliphatic carbocycles. The Morgan fingerprint density at radius 1 is 0.525 bits per heavy atom. The van der Waals surface area contributed by atoms with Gasteiger partial charge in [-0.25, -0.2) is 0 Å². The van der Waals surface area contributed by atoms with Crippen molar-refractivity contribution < 1.29 is 38.9 Å². The van der Waals surface area contributed by atoms with E-state index in [9.17, 15) is 38.9 Å². The fourth-order valence-corrected chi connectivity index (χ4v) is 10.2. The maximum atomic E-state index is 12.1. The highest BCUT2D eigenvalue weighted by atomic mass is 32.2. The maximum absolute atomic E-state index is 12.1. The zero-order chi connectivity index (χ0) is 29.2. The molecule has 4 rings (SSSR count). The van der Waals surface area contributed by atoms with Gasteiger partial charge in [0.2, 0.25) is 0 Å². The lowest BCUT2D eigenvalue weighted by Gasteiger charge is -2.27. The Labute approximate surface area is 233 Å². The molecule has 0 aliphatic rings. The van der Waals surface area contributed by atoms with Crippen LogP contribution in [0.2, 0.25) is 0 Å². The Bertz CT molecular complexity index is 1720. The van der Waals surface area contributed by atoms with E-state index in [2.05, 4.69) is 0 Å². The Morgan fingerprint density at radius 3 is 1.25 bits per heavy atom. The van der Waals surface area contributed by atoms with Gasteiger partial charge in [-0.2, -0.15) is 25.3 Å². The summed E-state index contributed by atoms with van der Waals surface area (Å²) >= 11 is 0. The van der Waals surface area contributed by atoms with Crippen LogP contribution in [0.1, 0.15) is 5.56 Å². The van der Waals surface area contributed by atoms with Crippen LogP contribution in [0, 0.1) is 0 Å². The van der Waals surface area contributed by atoms with Gasteiger partial charge in [-0.05, 0) is 48.0 Å². The molecule has 0 aliphatic heterocycles. The summed E-state index contributed by atoms with van der Waals surface area (Å²) in [4.78, 5) is -1.25. The molecule has 13 heteroatoms. The summed E-state index contributed by atoms with van der Waals surface area (Å²) in [6.45, 7) is 0. The van der Waals surface area contributed by atoms with Gasteiger partial charge in [0.05, 0.1) is 20.8 Å². The van der Waals surface area contributed by atoms with Crippen LogP contribution in [0.5, 0.6) is 0 Å². The first-order chi connectivity index (χ1) is 18.7. The van der Waals surface area contributed by atoms with E-state index in [0.717, 1.165) is 5.56 Å². The fraction of sp³-hybridized carbons (Fsp3) is 0.0370. The molecule has 9 nitrogen and oxygen atoms in total. The van der Waals surface area contributed by atoms with Crippen LogP contribution in [0.3, 0.4) is 0 Å². The zero-order valence-corrected chi connectivity index (χ0v) is 24.0. The van der Waals surface area contributed by atoms with Crippen LogP contribution in [-0.2, 0) is 30.4 Å². The lowest BCUT2D eigenvalue weighted by molar-refractivity contribution is 0.481. The van der Waals surface area contributed by atoms with Gasteiger partial charge >= 0.3 is 0 Å². The lowest BCUT2D eigenvalue weighted by Crippen LogP contribution is -2.34. The van der Waals surface area contributed by atoms with Crippen molar-refractivity contribution in [3.63, 3.8) is 0 Å². The molecule has 0 unspecified atom stereocenters. The maximum Gasteiger partial charge on any atom is 0.294 e. The van der Waals surface area contributed by atoms with E-state index in [1.165, 1.54) is 54.6 Å². The van der Waals surface area contributed by atoms with Gasteiger partial charge in [-0.3, -0.25) is 13.7 Å². The summed E-state index contributed by atoms with van der Waals surface area (Å²) in [5, 5.41) is 1.08. The van der Waals surface area contributed by atoms with E-state index in [4.69, 9.17) is 0 Å². The Balaban J connectivity index is 2.11.